The molecule has 0 saturated heterocycles. The predicted molar refractivity (Wildman–Crippen MR) is 138 cm³/mol. The molecule has 1 aromatic heterocycles. The van der Waals surface area contributed by atoms with Crippen LogP contribution >= 0.6 is 0 Å². The van der Waals surface area contributed by atoms with Crippen molar-refractivity contribution in [3.05, 3.63) is 70.4 Å². The van der Waals surface area contributed by atoms with Crippen LogP contribution in [0.3, 0.4) is 0 Å². The quantitative estimate of drug-likeness (QED) is 0.451. The number of anilines is 1. The van der Waals surface area contributed by atoms with E-state index in [0.29, 0.717) is 34.7 Å². The average molecular weight is 472 g/mol. The number of hydrogen-bond donors (Lipinski definition) is 3. The number of carbonyl (C=O) groups excluding carboxylic acids is 2. The molecule has 1 heterocycles. The highest BCUT2D eigenvalue weighted by Gasteiger charge is 2.19. The SMILES string of the molecule is Cc1ccc(NC(=O)c2cc(C#N)cc(C(C)(C)C)c2)cc1-c1cc(C(=O)NCC(C)(C)C)[nH]n1. The molecule has 0 aliphatic rings. The number of aromatic amines is 1. The Kier molecular flexibility index (Phi) is 7.16. The van der Waals surface area contributed by atoms with Crippen LogP contribution in [0.1, 0.15) is 79.1 Å². The summed E-state index contributed by atoms with van der Waals surface area (Å²) in [5.41, 5.74) is 4.90. The van der Waals surface area contributed by atoms with Crippen molar-refractivity contribution in [2.24, 2.45) is 5.41 Å². The minimum Gasteiger partial charge on any atom is -0.350 e. The zero-order valence-corrected chi connectivity index (χ0v) is 21.5. The van der Waals surface area contributed by atoms with Crippen LogP contribution in [0.5, 0.6) is 0 Å². The third-order valence-corrected chi connectivity index (χ3v) is 5.56. The Morgan fingerprint density at radius 1 is 1.00 bits per heavy atom. The van der Waals surface area contributed by atoms with E-state index in [2.05, 4.69) is 47.7 Å². The van der Waals surface area contributed by atoms with Crippen LogP contribution in [-0.2, 0) is 5.41 Å². The number of benzene rings is 2. The molecule has 3 aromatic rings. The average Bonchev–Trinajstić information content (AvgIpc) is 3.27. The van der Waals surface area contributed by atoms with Crippen molar-refractivity contribution >= 4 is 17.5 Å². The summed E-state index contributed by atoms with van der Waals surface area (Å²) in [5, 5.41) is 22.4. The van der Waals surface area contributed by atoms with E-state index < -0.39 is 0 Å². The molecule has 35 heavy (non-hydrogen) atoms. The Bertz CT molecular complexity index is 1300. The zero-order valence-electron chi connectivity index (χ0n) is 21.5. The summed E-state index contributed by atoms with van der Waals surface area (Å²) in [6.45, 7) is 14.8. The highest BCUT2D eigenvalue weighted by molar-refractivity contribution is 6.05. The van der Waals surface area contributed by atoms with Gasteiger partial charge >= 0.3 is 0 Å². The van der Waals surface area contributed by atoms with Crippen LogP contribution in [0.4, 0.5) is 5.69 Å². The molecule has 0 aliphatic carbocycles. The van der Waals surface area contributed by atoms with Crippen LogP contribution in [-0.4, -0.2) is 28.6 Å². The van der Waals surface area contributed by atoms with Crippen molar-refractivity contribution < 1.29 is 9.59 Å². The lowest BCUT2D eigenvalue weighted by molar-refractivity contribution is 0.0933. The molecule has 0 aliphatic heterocycles. The topological polar surface area (TPSA) is 111 Å². The van der Waals surface area contributed by atoms with E-state index in [9.17, 15) is 14.9 Å². The second kappa shape index (κ2) is 9.75. The number of carbonyl (C=O) groups is 2. The van der Waals surface area contributed by atoms with Crippen LogP contribution in [0.15, 0.2) is 42.5 Å². The van der Waals surface area contributed by atoms with Gasteiger partial charge in [-0.1, -0.05) is 47.6 Å². The number of hydrogen-bond acceptors (Lipinski definition) is 4. The van der Waals surface area contributed by atoms with Crippen molar-refractivity contribution in [3.8, 4) is 17.3 Å². The Morgan fingerprint density at radius 2 is 1.71 bits per heavy atom. The van der Waals surface area contributed by atoms with Crippen LogP contribution in [0.2, 0.25) is 0 Å². The minimum atomic E-state index is -0.299. The first-order valence-electron chi connectivity index (χ1n) is 11.6. The number of nitriles is 1. The molecule has 0 atom stereocenters. The molecule has 182 valence electrons. The lowest BCUT2D eigenvalue weighted by Gasteiger charge is -2.20. The van der Waals surface area contributed by atoms with Crippen molar-refractivity contribution in [2.45, 2.75) is 53.9 Å². The third kappa shape index (κ3) is 6.57. The zero-order chi connectivity index (χ0) is 26.0. The highest BCUT2D eigenvalue weighted by atomic mass is 16.2. The second-order valence-electron chi connectivity index (χ2n) is 11.1. The number of aromatic nitrogens is 2. The van der Waals surface area contributed by atoms with Gasteiger partial charge in [-0.25, -0.2) is 0 Å². The summed E-state index contributed by atoms with van der Waals surface area (Å²) >= 11 is 0. The monoisotopic (exact) mass is 471 g/mol. The van der Waals surface area contributed by atoms with Gasteiger partial charge in [-0.05, 0) is 65.3 Å². The standard InChI is InChI=1S/C28H33N5O2/c1-17-8-9-21(31-25(34)19-10-18(15-29)11-20(12-19)28(5,6)7)13-22(17)23-14-24(33-32-23)26(35)30-16-27(2,3)4/h8-14H,16H2,1-7H3,(H,30,35)(H,31,34)(H,32,33). The van der Waals surface area contributed by atoms with Gasteiger partial charge in [-0.15, -0.1) is 0 Å². The molecule has 7 heteroatoms. The van der Waals surface area contributed by atoms with Crippen LogP contribution < -0.4 is 10.6 Å². The predicted octanol–water partition coefficient (Wildman–Crippen LogP) is 5.58. The Morgan fingerprint density at radius 3 is 2.34 bits per heavy atom. The largest absolute Gasteiger partial charge is 0.350 e. The number of rotatable bonds is 5. The van der Waals surface area contributed by atoms with Crippen molar-refractivity contribution in [1.29, 1.82) is 5.26 Å². The highest BCUT2D eigenvalue weighted by Crippen LogP contribution is 2.28. The van der Waals surface area contributed by atoms with Gasteiger partial charge in [0.2, 0.25) is 0 Å². The van der Waals surface area contributed by atoms with Gasteiger partial charge in [0, 0.05) is 23.4 Å². The van der Waals surface area contributed by atoms with Gasteiger partial charge in [-0.3, -0.25) is 14.7 Å². The Hall–Kier alpha value is -3.92. The molecule has 3 N–H and O–H groups in total. The summed E-state index contributed by atoms with van der Waals surface area (Å²) < 4.78 is 0. The van der Waals surface area contributed by atoms with Crippen molar-refractivity contribution in [3.63, 3.8) is 0 Å². The molecule has 2 aromatic carbocycles. The number of amides is 2. The first kappa shape index (κ1) is 25.7. The first-order valence-corrected chi connectivity index (χ1v) is 11.6. The molecule has 3 rings (SSSR count). The molecule has 0 radical (unpaired) electrons. The maximum absolute atomic E-state index is 13.0. The van der Waals surface area contributed by atoms with E-state index in [1.807, 2.05) is 58.0 Å². The fourth-order valence-electron chi connectivity index (χ4n) is 3.45. The molecule has 0 saturated carbocycles. The number of nitrogens with zero attached hydrogens (tertiary/aromatic N) is 2. The molecular weight excluding hydrogens is 438 g/mol. The van der Waals surface area contributed by atoms with E-state index in [1.165, 1.54) is 0 Å². The smallest absolute Gasteiger partial charge is 0.269 e. The van der Waals surface area contributed by atoms with Gasteiger partial charge in [-0.2, -0.15) is 10.4 Å². The van der Waals surface area contributed by atoms with Gasteiger partial charge < -0.3 is 10.6 Å². The Balaban J connectivity index is 1.84. The summed E-state index contributed by atoms with van der Waals surface area (Å²) in [6.07, 6.45) is 0. The van der Waals surface area contributed by atoms with Gasteiger partial charge in [0.1, 0.15) is 5.69 Å². The summed E-state index contributed by atoms with van der Waals surface area (Å²) in [5.74, 6) is -0.514. The summed E-state index contributed by atoms with van der Waals surface area (Å²) in [7, 11) is 0. The number of H-pyrrole nitrogens is 1. The van der Waals surface area contributed by atoms with Gasteiger partial charge in [0.25, 0.3) is 11.8 Å². The molecular formula is C28H33N5O2. The molecule has 0 spiro atoms. The fourth-order valence-corrected chi connectivity index (χ4v) is 3.45. The van der Waals surface area contributed by atoms with E-state index >= 15 is 0 Å². The Labute approximate surface area is 207 Å². The molecule has 2 amide bonds. The molecule has 7 nitrogen and oxygen atoms in total. The maximum Gasteiger partial charge on any atom is 0.269 e. The fraction of sp³-hybridized carbons (Fsp3) is 0.357. The van der Waals surface area contributed by atoms with Crippen molar-refractivity contribution in [2.75, 3.05) is 11.9 Å². The third-order valence-electron chi connectivity index (χ3n) is 5.56. The summed E-state index contributed by atoms with van der Waals surface area (Å²) in [6, 6.07) is 14.6. The minimum absolute atomic E-state index is 0.0258. The molecule has 0 fully saturated rings. The number of nitrogens with one attached hydrogen (secondary N) is 3. The lowest BCUT2D eigenvalue weighted by Crippen LogP contribution is -2.32. The van der Waals surface area contributed by atoms with Crippen LogP contribution in [0.25, 0.3) is 11.3 Å². The van der Waals surface area contributed by atoms with Gasteiger partial charge in [0.15, 0.2) is 0 Å². The van der Waals surface area contributed by atoms with E-state index in [-0.39, 0.29) is 22.6 Å². The number of aryl methyl sites for hydroxylation is 1. The normalized spacial score (nSPS) is 11.6. The van der Waals surface area contributed by atoms with E-state index in [4.69, 9.17) is 0 Å². The lowest BCUT2D eigenvalue weighted by atomic mass is 9.85. The van der Waals surface area contributed by atoms with Crippen LogP contribution in [0, 0.1) is 23.7 Å². The molecule has 0 unspecified atom stereocenters. The van der Waals surface area contributed by atoms with E-state index in [1.54, 1.807) is 12.1 Å². The summed E-state index contributed by atoms with van der Waals surface area (Å²) in [4.78, 5) is 25.5. The first-order chi connectivity index (χ1) is 16.3. The van der Waals surface area contributed by atoms with Crippen molar-refractivity contribution in [1.82, 2.24) is 15.5 Å². The van der Waals surface area contributed by atoms with Gasteiger partial charge in [0.05, 0.1) is 17.3 Å². The van der Waals surface area contributed by atoms with E-state index in [0.717, 1.165) is 16.7 Å². The maximum atomic E-state index is 13.0. The molecule has 0 bridgehead atoms. The second-order valence-corrected chi connectivity index (χ2v) is 11.1.